The van der Waals surface area contributed by atoms with Crippen molar-refractivity contribution in [2.75, 3.05) is 12.9 Å². The second-order valence-electron chi connectivity index (χ2n) is 8.43. The van der Waals surface area contributed by atoms with E-state index in [1.54, 1.807) is 0 Å². The van der Waals surface area contributed by atoms with Crippen LogP contribution in [0, 0.1) is 5.92 Å². The molecule has 0 N–H and O–H groups in total. The first kappa shape index (κ1) is 26.6. The van der Waals surface area contributed by atoms with Gasteiger partial charge in [0.1, 0.15) is 0 Å². The molecule has 34 heavy (non-hydrogen) atoms. The molecule has 0 bridgehead atoms. The zero-order chi connectivity index (χ0) is 25.7. The van der Waals surface area contributed by atoms with Crippen molar-refractivity contribution in [3.63, 3.8) is 0 Å². The van der Waals surface area contributed by atoms with Crippen molar-refractivity contribution in [2.24, 2.45) is 10.9 Å². The van der Waals surface area contributed by atoms with Gasteiger partial charge >= 0.3 is 6.18 Å². The van der Waals surface area contributed by atoms with E-state index >= 15 is 0 Å². The summed E-state index contributed by atoms with van der Waals surface area (Å²) in [5, 5.41) is 0. The molecule has 188 valence electrons. The monoisotopic (exact) mass is 541 g/mol. The van der Waals surface area contributed by atoms with E-state index in [9.17, 15) is 38.4 Å². The first-order valence-electron chi connectivity index (χ1n) is 9.97. The molecule has 3 rings (SSSR count). The topological polar surface area (TPSA) is 124 Å². The molecule has 0 radical (unpaired) electrons. The lowest BCUT2D eigenvalue weighted by Crippen LogP contribution is -2.49. The average molecular weight is 542 g/mol. The van der Waals surface area contributed by atoms with Crippen molar-refractivity contribution >= 4 is 40.5 Å². The molecule has 8 nitrogen and oxygen atoms in total. The van der Waals surface area contributed by atoms with Crippen molar-refractivity contribution in [1.29, 1.82) is 0 Å². The summed E-state index contributed by atoms with van der Waals surface area (Å²) >= 11 is 0. The highest BCUT2D eigenvalue weighted by molar-refractivity contribution is 7.93. The number of halogens is 3. The van der Waals surface area contributed by atoms with E-state index in [0.717, 1.165) is 12.3 Å². The van der Waals surface area contributed by atoms with Gasteiger partial charge in [-0.2, -0.15) is 21.6 Å². The van der Waals surface area contributed by atoms with Gasteiger partial charge < -0.3 is 4.74 Å². The number of nitrogens with zero attached hydrogens (tertiary/aromatic N) is 1. The van der Waals surface area contributed by atoms with Crippen LogP contribution in [0.25, 0.3) is 0 Å². The number of sulfone groups is 2. The molecule has 2 aliphatic heterocycles. The van der Waals surface area contributed by atoms with Crippen molar-refractivity contribution in [2.45, 2.75) is 53.5 Å². The van der Waals surface area contributed by atoms with Crippen LogP contribution in [0.1, 0.15) is 26.7 Å². The van der Waals surface area contributed by atoms with Crippen LogP contribution in [0.15, 0.2) is 50.8 Å². The standard InChI is InChI=1S/C20H22F3NO7S3/c1-12-17(24-11-15(20(21,22)23)18(12)32(25)26)16-10-19(2,7-8-31-16)34(29,30)14-6-4-5-13(9-14)33(3,27)28/h4-6,9,11-12,16H,7-8,10H2,1-3H3. The normalized spacial score (nSPS) is 26.6. The first-order valence-corrected chi connectivity index (χ1v) is 14.4. The Labute approximate surface area is 196 Å². The number of ether oxygens (including phenoxy) is 1. The summed E-state index contributed by atoms with van der Waals surface area (Å²) < 4.78 is 118. The van der Waals surface area contributed by atoms with Crippen LogP contribution < -0.4 is 0 Å². The summed E-state index contributed by atoms with van der Waals surface area (Å²) in [5.41, 5.74) is -1.42. The van der Waals surface area contributed by atoms with E-state index in [4.69, 9.17) is 4.74 Å². The summed E-state index contributed by atoms with van der Waals surface area (Å²) in [6, 6.07) is 4.91. The van der Waals surface area contributed by atoms with Gasteiger partial charge in [0.2, 0.25) is 10.3 Å². The number of rotatable bonds is 4. The Morgan fingerprint density at radius 3 is 2.32 bits per heavy atom. The number of benzene rings is 1. The van der Waals surface area contributed by atoms with Crippen LogP contribution in [0.4, 0.5) is 13.2 Å². The molecule has 0 aliphatic carbocycles. The zero-order valence-electron chi connectivity index (χ0n) is 18.3. The fourth-order valence-corrected chi connectivity index (χ4v) is 7.38. The van der Waals surface area contributed by atoms with Gasteiger partial charge in [0, 0.05) is 25.0 Å². The maximum Gasteiger partial charge on any atom is 0.419 e. The summed E-state index contributed by atoms with van der Waals surface area (Å²) in [5.74, 6) is -1.29. The van der Waals surface area contributed by atoms with Gasteiger partial charge in [-0.1, -0.05) is 13.0 Å². The molecule has 2 aliphatic rings. The third-order valence-electron chi connectivity index (χ3n) is 6.02. The number of hydrogen-bond donors (Lipinski definition) is 0. The molecular formula is C20H22F3NO7S3. The Balaban J connectivity index is 2.03. The number of aliphatic imine (C=N–C) groups is 1. The molecule has 0 amide bonds. The van der Waals surface area contributed by atoms with E-state index in [0.29, 0.717) is 6.20 Å². The van der Waals surface area contributed by atoms with Crippen LogP contribution in [0.5, 0.6) is 0 Å². The molecular weight excluding hydrogens is 519 g/mol. The molecule has 1 saturated heterocycles. The maximum atomic E-state index is 13.5. The highest BCUT2D eigenvalue weighted by Crippen LogP contribution is 2.40. The van der Waals surface area contributed by atoms with E-state index in [-0.39, 0.29) is 35.0 Å². The highest BCUT2D eigenvalue weighted by Gasteiger charge is 2.49. The van der Waals surface area contributed by atoms with E-state index in [2.05, 4.69) is 4.99 Å². The van der Waals surface area contributed by atoms with Crippen molar-refractivity contribution < 1.29 is 43.2 Å². The molecule has 3 atom stereocenters. The van der Waals surface area contributed by atoms with Gasteiger partial charge in [0.15, 0.2) is 19.7 Å². The molecule has 3 unspecified atom stereocenters. The predicted octanol–water partition coefficient (Wildman–Crippen LogP) is 2.39. The SMILES string of the molecule is CC1C(C2CC(C)(S(=O)(=O)c3cccc(S(C)(=O)=O)c3)CCO2)=NC=C(C(F)(F)F)C1=S(=O)=O. The van der Waals surface area contributed by atoms with Gasteiger partial charge in [-0.25, -0.2) is 16.8 Å². The van der Waals surface area contributed by atoms with Gasteiger partial charge in [-0.3, -0.25) is 4.99 Å². The van der Waals surface area contributed by atoms with E-state index in [1.165, 1.54) is 32.0 Å². The highest BCUT2D eigenvalue weighted by atomic mass is 32.2. The molecule has 0 saturated carbocycles. The van der Waals surface area contributed by atoms with Crippen molar-refractivity contribution in [1.82, 2.24) is 0 Å². The molecule has 1 aromatic carbocycles. The number of allylic oxidation sites excluding steroid dienone is 1. The van der Waals surface area contributed by atoms with Gasteiger partial charge in [-0.05, 0) is 38.0 Å². The van der Waals surface area contributed by atoms with Crippen molar-refractivity contribution in [3.05, 3.63) is 36.0 Å². The quantitative estimate of drug-likeness (QED) is 0.536. The minimum atomic E-state index is -4.94. The minimum Gasteiger partial charge on any atom is -0.372 e. The summed E-state index contributed by atoms with van der Waals surface area (Å²) in [4.78, 5) is 2.54. The van der Waals surface area contributed by atoms with Crippen LogP contribution >= 0.6 is 0 Å². The smallest absolute Gasteiger partial charge is 0.372 e. The molecule has 1 aromatic rings. The number of hydrogen-bond acceptors (Lipinski definition) is 8. The van der Waals surface area contributed by atoms with Gasteiger partial charge in [0.25, 0.3) is 0 Å². The Hall–Kier alpha value is -2.03. The fraction of sp³-hybridized carbons (Fsp3) is 0.500. The van der Waals surface area contributed by atoms with Crippen LogP contribution in [-0.4, -0.2) is 65.7 Å². The molecule has 1 fully saturated rings. The van der Waals surface area contributed by atoms with Crippen LogP contribution in [0.2, 0.25) is 0 Å². The molecule has 2 heterocycles. The first-order chi connectivity index (χ1) is 15.5. The Morgan fingerprint density at radius 2 is 1.76 bits per heavy atom. The zero-order valence-corrected chi connectivity index (χ0v) is 20.8. The summed E-state index contributed by atoms with van der Waals surface area (Å²) in [6.07, 6.45) is -4.82. The molecule has 0 spiro atoms. The Morgan fingerprint density at radius 1 is 1.15 bits per heavy atom. The summed E-state index contributed by atoms with van der Waals surface area (Å²) in [7, 11) is -11.0. The van der Waals surface area contributed by atoms with E-state index < -0.39 is 63.4 Å². The lowest BCUT2D eigenvalue weighted by atomic mass is 9.85. The van der Waals surface area contributed by atoms with Crippen LogP contribution in [-0.2, 0) is 34.7 Å². The predicted molar refractivity (Wildman–Crippen MR) is 119 cm³/mol. The van der Waals surface area contributed by atoms with Crippen molar-refractivity contribution in [3.8, 4) is 0 Å². The third-order valence-corrected chi connectivity index (χ3v) is 10.6. The lowest BCUT2D eigenvalue weighted by molar-refractivity contribution is -0.0864. The van der Waals surface area contributed by atoms with Crippen LogP contribution in [0.3, 0.4) is 0 Å². The summed E-state index contributed by atoms with van der Waals surface area (Å²) in [6.45, 7) is 2.60. The maximum absolute atomic E-state index is 13.5. The minimum absolute atomic E-state index is 0.0294. The van der Waals surface area contributed by atoms with Gasteiger partial charge in [0.05, 0.1) is 36.8 Å². The largest absolute Gasteiger partial charge is 0.419 e. The fourth-order valence-electron chi connectivity index (χ4n) is 4.05. The third kappa shape index (κ3) is 4.86. The Bertz CT molecular complexity index is 1420. The van der Waals surface area contributed by atoms with E-state index in [1.807, 2.05) is 0 Å². The second-order valence-corrected chi connectivity index (χ2v) is 13.8. The molecule has 0 aromatic heterocycles. The Kier molecular flexibility index (Phi) is 6.94. The molecule has 14 heteroatoms. The lowest BCUT2D eigenvalue weighted by Gasteiger charge is -2.39. The number of alkyl halides is 3. The second kappa shape index (κ2) is 8.88. The average Bonchev–Trinajstić information content (AvgIpc) is 2.72. The van der Waals surface area contributed by atoms with Gasteiger partial charge in [-0.15, -0.1) is 0 Å².